The lowest BCUT2D eigenvalue weighted by molar-refractivity contribution is 0.0121. The predicted molar refractivity (Wildman–Crippen MR) is 128 cm³/mol. The van der Waals surface area contributed by atoms with Crippen molar-refractivity contribution >= 4 is 17.0 Å². The third-order valence-electron chi connectivity index (χ3n) is 7.04. The number of hydrogen-bond donors (Lipinski definition) is 1. The molecule has 2 atom stereocenters. The van der Waals surface area contributed by atoms with E-state index in [1.54, 1.807) is 33.5 Å². The molecule has 0 saturated carbocycles. The van der Waals surface area contributed by atoms with Gasteiger partial charge in [-0.2, -0.15) is 0 Å². The summed E-state index contributed by atoms with van der Waals surface area (Å²) in [5.41, 5.74) is 2.22. The maximum Gasteiger partial charge on any atom is 0.251 e. The Bertz CT molecular complexity index is 1100. The Morgan fingerprint density at radius 2 is 1.74 bits per heavy atom. The highest BCUT2D eigenvalue weighted by molar-refractivity contribution is 5.95. The van der Waals surface area contributed by atoms with E-state index in [1.807, 2.05) is 24.3 Å². The molecule has 2 saturated heterocycles. The fourth-order valence-corrected chi connectivity index (χ4v) is 5.48. The number of piperidine rings is 2. The first-order valence-corrected chi connectivity index (χ1v) is 11.8. The molecular weight excluding hydrogens is 434 g/mol. The number of methoxy groups -OCH3 is 3. The third-order valence-corrected chi connectivity index (χ3v) is 7.04. The van der Waals surface area contributed by atoms with Crippen molar-refractivity contribution in [3.63, 3.8) is 0 Å². The number of aromatic nitrogens is 1. The van der Waals surface area contributed by atoms with Crippen LogP contribution < -0.4 is 19.5 Å². The van der Waals surface area contributed by atoms with E-state index < -0.39 is 0 Å². The standard InChI is InChI=1S/C26H31N3O5/c1-31-22-11-16(12-23(32-2)25(22)33-3)26(30)27-17-13-18-7-6-8-19(14-17)29(18)15-24-28-20-9-4-5-10-21(20)34-24/h4-5,9-12,17-19H,6-8,13-15H2,1-3H3,(H,27,30). The van der Waals surface area contributed by atoms with Crippen LogP contribution in [0.1, 0.15) is 48.4 Å². The normalized spacial score (nSPS) is 22.4. The SMILES string of the molecule is COc1cc(C(=O)NC2CC3CCCC(C2)N3Cc2nc3ccccc3o2)cc(OC)c1OC. The van der Waals surface area contributed by atoms with Gasteiger partial charge in [0.1, 0.15) is 5.52 Å². The first-order chi connectivity index (χ1) is 16.6. The van der Waals surface area contributed by atoms with Gasteiger partial charge < -0.3 is 23.9 Å². The van der Waals surface area contributed by atoms with Crippen LogP contribution in [0.5, 0.6) is 17.2 Å². The molecule has 1 aromatic heterocycles. The van der Waals surface area contributed by atoms with E-state index in [9.17, 15) is 4.79 Å². The summed E-state index contributed by atoms with van der Waals surface area (Å²) in [6.07, 6.45) is 5.27. The van der Waals surface area contributed by atoms with E-state index in [0.29, 0.717) is 41.4 Å². The first-order valence-electron chi connectivity index (χ1n) is 11.8. The Kier molecular flexibility index (Phi) is 6.32. The Morgan fingerprint density at radius 3 is 2.35 bits per heavy atom. The van der Waals surface area contributed by atoms with Crippen LogP contribution in [0.3, 0.4) is 0 Å². The van der Waals surface area contributed by atoms with Gasteiger partial charge in [-0.05, 0) is 49.9 Å². The van der Waals surface area contributed by atoms with Crippen molar-refractivity contribution in [2.45, 2.75) is 56.8 Å². The number of nitrogens with zero attached hydrogens (tertiary/aromatic N) is 2. The molecule has 3 heterocycles. The molecule has 2 aliphatic heterocycles. The zero-order chi connectivity index (χ0) is 23.7. The van der Waals surface area contributed by atoms with Crippen molar-refractivity contribution in [1.29, 1.82) is 0 Å². The molecule has 1 N–H and O–H groups in total. The highest BCUT2D eigenvalue weighted by Crippen LogP contribution is 2.39. The Balaban J connectivity index is 1.28. The molecule has 1 amide bonds. The summed E-state index contributed by atoms with van der Waals surface area (Å²) in [6, 6.07) is 12.2. The highest BCUT2D eigenvalue weighted by atomic mass is 16.5. The molecular formula is C26H31N3O5. The number of hydrogen-bond acceptors (Lipinski definition) is 7. The van der Waals surface area contributed by atoms with Crippen molar-refractivity contribution in [2.75, 3.05) is 21.3 Å². The minimum Gasteiger partial charge on any atom is -0.493 e. The Labute approximate surface area is 199 Å². The molecule has 2 fully saturated rings. The number of para-hydroxylation sites is 2. The van der Waals surface area contributed by atoms with Gasteiger partial charge >= 0.3 is 0 Å². The summed E-state index contributed by atoms with van der Waals surface area (Å²) >= 11 is 0. The average molecular weight is 466 g/mol. The van der Waals surface area contributed by atoms with Gasteiger partial charge in [-0.3, -0.25) is 9.69 Å². The molecule has 180 valence electrons. The van der Waals surface area contributed by atoms with Crippen molar-refractivity contribution in [2.24, 2.45) is 0 Å². The van der Waals surface area contributed by atoms with Crippen LogP contribution in [-0.2, 0) is 6.54 Å². The second-order valence-corrected chi connectivity index (χ2v) is 9.04. The second-order valence-electron chi connectivity index (χ2n) is 9.04. The molecule has 2 bridgehead atoms. The van der Waals surface area contributed by atoms with Crippen LogP contribution in [0, 0.1) is 0 Å². The molecule has 3 aromatic rings. The van der Waals surface area contributed by atoms with Gasteiger partial charge in [-0.1, -0.05) is 18.6 Å². The fraction of sp³-hybridized carbons (Fsp3) is 0.462. The number of amides is 1. The monoisotopic (exact) mass is 465 g/mol. The van der Waals surface area contributed by atoms with Crippen LogP contribution in [-0.4, -0.2) is 55.2 Å². The Hall–Kier alpha value is -3.26. The Morgan fingerprint density at radius 1 is 1.06 bits per heavy atom. The number of carbonyl (C=O) groups is 1. The van der Waals surface area contributed by atoms with Crippen molar-refractivity contribution in [3.05, 3.63) is 47.9 Å². The molecule has 8 heteroatoms. The molecule has 0 aliphatic carbocycles. The van der Waals surface area contributed by atoms with E-state index in [0.717, 1.165) is 42.7 Å². The largest absolute Gasteiger partial charge is 0.493 e. The summed E-state index contributed by atoms with van der Waals surface area (Å²) in [7, 11) is 4.65. The lowest BCUT2D eigenvalue weighted by Gasteiger charge is -2.48. The lowest BCUT2D eigenvalue weighted by Crippen LogP contribution is -2.56. The zero-order valence-electron chi connectivity index (χ0n) is 19.9. The number of rotatable bonds is 7. The van der Waals surface area contributed by atoms with Gasteiger partial charge in [0, 0.05) is 23.7 Å². The van der Waals surface area contributed by atoms with Crippen LogP contribution in [0.4, 0.5) is 0 Å². The van der Waals surface area contributed by atoms with Crippen LogP contribution >= 0.6 is 0 Å². The van der Waals surface area contributed by atoms with Crippen molar-refractivity contribution in [3.8, 4) is 17.2 Å². The summed E-state index contributed by atoms with van der Waals surface area (Å²) in [5.74, 6) is 2.05. The highest BCUT2D eigenvalue weighted by Gasteiger charge is 2.39. The van der Waals surface area contributed by atoms with E-state index in [4.69, 9.17) is 18.6 Å². The number of oxazole rings is 1. The zero-order valence-corrected chi connectivity index (χ0v) is 19.9. The summed E-state index contributed by atoms with van der Waals surface area (Å²) in [5, 5.41) is 3.25. The minimum atomic E-state index is -0.130. The second kappa shape index (κ2) is 9.54. The number of carbonyl (C=O) groups excluding carboxylic acids is 1. The van der Waals surface area contributed by atoms with Gasteiger partial charge in [0.2, 0.25) is 11.6 Å². The number of ether oxygens (including phenoxy) is 3. The van der Waals surface area contributed by atoms with Gasteiger partial charge in [0.05, 0.1) is 27.9 Å². The van der Waals surface area contributed by atoms with E-state index in [1.165, 1.54) is 6.42 Å². The van der Waals surface area contributed by atoms with Crippen LogP contribution in [0.15, 0.2) is 40.8 Å². The average Bonchev–Trinajstić information content (AvgIpc) is 3.25. The summed E-state index contributed by atoms with van der Waals surface area (Å²) in [4.78, 5) is 20.3. The maximum absolute atomic E-state index is 13.1. The number of nitrogens with one attached hydrogen (secondary N) is 1. The molecule has 2 unspecified atom stereocenters. The van der Waals surface area contributed by atoms with Crippen LogP contribution in [0.2, 0.25) is 0 Å². The number of benzene rings is 2. The van der Waals surface area contributed by atoms with Gasteiger partial charge in [-0.25, -0.2) is 4.98 Å². The molecule has 34 heavy (non-hydrogen) atoms. The molecule has 2 aromatic carbocycles. The summed E-state index contributed by atoms with van der Waals surface area (Å²) in [6.45, 7) is 0.706. The van der Waals surface area contributed by atoms with Gasteiger partial charge in [0.15, 0.2) is 17.1 Å². The molecule has 0 radical (unpaired) electrons. The van der Waals surface area contributed by atoms with E-state index in [2.05, 4.69) is 15.2 Å². The maximum atomic E-state index is 13.1. The molecule has 2 aliphatic rings. The van der Waals surface area contributed by atoms with Gasteiger partial charge in [-0.15, -0.1) is 0 Å². The quantitative estimate of drug-likeness (QED) is 0.560. The first kappa shape index (κ1) is 22.5. The van der Waals surface area contributed by atoms with E-state index in [-0.39, 0.29) is 11.9 Å². The number of fused-ring (bicyclic) bond motifs is 3. The minimum absolute atomic E-state index is 0.113. The molecule has 8 nitrogen and oxygen atoms in total. The van der Waals surface area contributed by atoms with Crippen molar-refractivity contribution < 1.29 is 23.4 Å². The fourth-order valence-electron chi connectivity index (χ4n) is 5.48. The van der Waals surface area contributed by atoms with E-state index >= 15 is 0 Å². The smallest absolute Gasteiger partial charge is 0.251 e. The summed E-state index contributed by atoms with van der Waals surface area (Å²) < 4.78 is 22.2. The topological polar surface area (TPSA) is 86.1 Å². The predicted octanol–water partition coefficient (Wildman–Crippen LogP) is 4.17. The van der Waals surface area contributed by atoms with Gasteiger partial charge in [0.25, 0.3) is 5.91 Å². The van der Waals surface area contributed by atoms with Crippen LogP contribution in [0.25, 0.3) is 11.1 Å². The van der Waals surface area contributed by atoms with Crippen molar-refractivity contribution in [1.82, 2.24) is 15.2 Å². The molecule has 5 rings (SSSR count). The molecule has 0 spiro atoms. The third kappa shape index (κ3) is 4.30. The lowest BCUT2D eigenvalue weighted by atomic mass is 9.81.